The number of aryl methyl sites for hydroxylation is 2. The lowest BCUT2D eigenvalue weighted by molar-refractivity contribution is 0.948. The van der Waals surface area contributed by atoms with Crippen molar-refractivity contribution in [2.45, 2.75) is 20.3 Å². The molecule has 0 atom stereocenters. The summed E-state index contributed by atoms with van der Waals surface area (Å²) in [6.45, 7) is 3.98. The first-order valence-corrected chi connectivity index (χ1v) is 6.13. The number of nitrogens with two attached hydrogens (primary N) is 1. The maximum atomic E-state index is 5.92. The molecule has 4 nitrogen and oxygen atoms in total. The summed E-state index contributed by atoms with van der Waals surface area (Å²) in [4.78, 5) is 8.51. The van der Waals surface area contributed by atoms with E-state index in [1.807, 2.05) is 32.0 Å². The van der Waals surface area contributed by atoms with E-state index in [2.05, 4.69) is 15.3 Å². The van der Waals surface area contributed by atoms with E-state index in [1.165, 1.54) is 0 Å². The second kappa shape index (κ2) is 5.23. The molecule has 0 aliphatic rings. The second-order valence-electron chi connectivity index (χ2n) is 4.03. The zero-order chi connectivity index (χ0) is 13.1. The monoisotopic (exact) mass is 262 g/mol. The minimum Gasteiger partial charge on any atom is -0.384 e. The zero-order valence-corrected chi connectivity index (χ0v) is 11.1. The minimum absolute atomic E-state index is 0.468. The Bertz CT molecular complexity index is 569. The van der Waals surface area contributed by atoms with Crippen LogP contribution in [0.4, 0.5) is 17.3 Å². The van der Waals surface area contributed by atoms with Crippen LogP contribution in [0.3, 0.4) is 0 Å². The first-order chi connectivity index (χ1) is 8.58. The summed E-state index contributed by atoms with van der Waals surface area (Å²) in [5, 5.41) is 3.94. The van der Waals surface area contributed by atoms with Crippen LogP contribution in [-0.4, -0.2) is 9.97 Å². The molecule has 0 aliphatic carbocycles. The quantitative estimate of drug-likeness (QED) is 0.891. The van der Waals surface area contributed by atoms with Gasteiger partial charge in [-0.05, 0) is 30.7 Å². The van der Waals surface area contributed by atoms with E-state index in [-0.39, 0.29) is 0 Å². The number of nitrogens with zero attached hydrogens (tertiary/aromatic N) is 2. The van der Waals surface area contributed by atoms with E-state index >= 15 is 0 Å². The molecule has 0 aliphatic heterocycles. The van der Waals surface area contributed by atoms with Gasteiger partial charge in [0.05, 0.1) is 0 Å². The topological polar surface area (TPSA) is 63.8 Å². The van der Waals surface area contributed by atoms with Crippen molar-refractivity contribution in [3.63, 3.8) is 0 Å². The smallest absolute Gasteiger partial charge is 0.136 e. The Morgan fingerprint density at radius 3 is 2.72 bits per heavy atom. The van der Waals surface area contributed by atoms with Crippen LogP contribution in [0.1, 0.15) is 18.3 Å². The van der Waals surface area contributed by atoms with Crippen molar-refractivity contribution in [1.29, 1.82) is 0 Å². The molecule has 0 fully saturated rings. The molecule has 94 valence electrons. The summed E-state index contributed by atoms with van der Waals surface area (Å²) in [6.07, 6.45) is 0.749. The molecule has 2 rings (SSSR count). The van der Waals surface area contributed by atoms with Crippen LogP contribution < -0.4 is 11.1 Å². The maximum absolute atomic E-state index is 5.92. The van der Waals surface area contributed by atoms with Crippen molar-refractivity contribution in [1.82, 2.24) is 9.97 Å². The highest BCUT2D eigenvalue weighted by molar-refractivity contribution is 6.30. The van der Waals surface area contributed by atoms with E-state index in [1.54, 1.807) is 6.07 Å². The Labute approximate surface area is 111 Å². The molecular formula is C13H15ClN4. The SMILES string of the molecule is CCc1nc(N)cc(Nc2ccc(Cl)cc2C)n1. The number of rotatable bonds is 3. The van der Waals surface area contributed by atoms with Crippen LogP contribution in [0.15, 0.2) is 24.3 Å². The molecule has 0 bridgehead atoms. The Hall–Kier alpha value is -1.81. The van der Waals surface area contributed by atoms with E-state index in [9.17, 15) is 0 Å². The highest BCUT2D eigenvalue weighted by atomic mass is 35.5. The van der Waals surface area contributed by atoms with Crippen molar-refractivity contribution in [2.24, 2.45) is 0 Å². The largest absolute Gasteiger partial charge is 0.384 e. The van der Waals surface area contributed by atoms with Gasteiger partial charge in [0.15, 0.2) is 0 Å². The molecule has 2 aromatic rings. The number of anilines is 3. The molecule has 1 heterocycles. The van der Waals surface area contributed by atoms with E-state index in [0.29, 0.717) is 11.6 Å². The highest BCUT2D eigenvalue weighted by Gasteiger charge is 2.04. The van der Waals surface area contributed by atoms with Gasteiger partial charge in [-0.3, -0.25) is 0 Å². The Morgan fingerprint density at radius 2 is 2.06 bits per heavy atom. The summed E-state index contributed by atoms with van der Waals surface area (Å²) in [5.74, 6) is 1.89. The molecule has 0 amide bonds. The predicted molar refractivity (Wildman–Crippen MR) is 75.3 cm³/mol. The number of nitrogen functional groups attached to an aromatic ring is 1. The van der Waals surface area contributed by atoms with E-state index in [0.717, 1.165) is 28.5 Å². The lowest BCUT2D eigenvalue weighted by atomic mass is 10.2. The average molecular weight is 263 g/mol. The molecule has 1 aromatic carbocycles. The number of halogens is 1. The minimum atomic E-state index is 0.468. The number of hydrogen-bond donors (Lipinski definition) is 2. The summed E-state index contributed by atoms with van der Waals surface area (Å²) < 4.78 is 0. The maximum Gasteiger partial charge on any atom is 0.136 e. The summed E-state index contributed by atoms with van der Waals surface area (Å²) in [5.41, 5.74) is 7.75. The average Bonchev–Trinajstić information content (AvgIpc) is 2.32. The number of hydrogen-bond acceptors (Lipinski definition) is 4. The zero-order valence-electron chi connectivity index (χ0n) is 10.4. The van der Waals surface area contributed by atoms with E-state index in [4.69, 9.17) is 17.3 Å². The number of aromatic nitrogens is 2. The van der Waals surface area contributed by atoms with Gasteiger partial charge in [0.1, 0.15) is 17.5 Å². The van der Waals surface area contributed by atoms with Crippen LogP contribution in [0.25, 0.3) is 0 Å². The third-order valence-electron chi connectivity index (χ3n) is 2.56. The molecule has 0 radical (unpaired) electrons. The first-order valence-electron chi connectivity index (χ1n) is 5.75. The van der Waals surface area contributed by atoms with Gasteiger partial charge in [-0.1, -0.05) is 18.5 Å². The molecule has 5 heteroatoms. The Balaban J connectivity index is 2.30. The predicted octanol–water partition coefficient (Wildman–Crippen LogP) is 3.33. The van der Waals surface area contributed by atoms with Gasteiger partial charge in [-0.25, -0.2) is 9.97 Å². The van der Waals surface area contributed by atoms with Gasteiger partial charge in [0.25, 0.3) is 0 Å². The molecule has 0 saturated heterocycles. The Morgan fingerprint density at radius 1 is 1.28 bits per heavy atom. The van der Waals surface area contributed by atoms with Crippen LogP contribution in [-0.2, 0) is 6.42 Å². The molecule has 18 heavy (non-hydrogen) atoms. The van der Waals surface area contributed by atoms with Gasteiger partial charge in [-0.2, -0.15) is 0 Å². The summed E-state index contributed by atoms with van der Waals surface area (Å²) in [6, 6.07) is 7.37. The number of nitrogens with one attached hydrogen (secondary N) is 1. The van der Waals surface area contributed by atoms with Crippen molar-refractivity contribution in [3.8, 4) is 0 Å². The van der Waals surface area contributed by atoms with E-state index < -0.39 is 0 Å². The molecule has 0 spiro atoms. The fraction of sp³-hybridized carbons (Fsp3) is 0.231. The molecule has 0 unspecified atom stereocenters. The molecule has 0 saturated carbocycles. The van der Waals surface area contributed by atoms with Gasteiger partial charge in [0, 0.05) is 23.2 Å². The third-order valence-corrected chi connectivity index (χ3v) is 2.79. The fourth-order valence-electron chi connectivity index (χ4n) is 1.65. The molecule has 3 N–H and O–H groups in total. The van der Waals surface area contributed by atoms with Crippen molar-refractivity contribution in [2.75, 3.05) is 11.1 Å². The van der Waals surface area contributed by atoms with Crippen molar-refractivity contribution in [3.05, 3.63) is 40.7 Å². The second-order valence-corrected chi connectivity index (χ2v) is 4.47. The first kappa shape index (κ1) is 12.6. The summed E-state index contributed by atoms with van der Waals surface area (Å²) >= 11 is 5.92. The van der Waals surface area contributed by atoms with Crippen molar-refractivity contribution < 1.29 is 0 Å². The normalized spacial score (nSPS) is 10.4. The van der Waals surface area contributed by atoms with Gasteiger partial charge in [0.2, 0.25) is 0 Å². The van der Waals surface area contributed by atoms with Crippen molar-refractivity contribution >= 4 is 28.9 Å². The molecular weight excluding hydrogens is 248 g/mol. The molecule has 1 aromatic heterocycles. The summed E-state index contributed by atoms with van der Waals surface area (Å²) in [7, 11) is 0. The lowest BCUT2D eigenvalue weighted by Gasteiger charge is -2.10. The number of benzene rings is 1. The van der Waals surface area contributed by atoms with Crippen LogP contribution >= 0.6 is 11.6 Å². The third kappa shape index (κ3) is 2.90. The standard InChI is InChI=1S/C13H15ClN4/c1-3-12-17-11(15)7-13(18-12)16-10-5-4-9(14)6-8(10)2/h4-7H,3H2,1-2H3,(H3,15,16,17,18). The van der Waals surface area contributed by atoms with Gasteiger partial charge < -0.3 is 11.1 Å². The lowest BCUT2D eigenvalue weighted by Crippen LogP contribution is -2.03. The fourth-order valence-corrected chi connectivity index (χ4v) is 1.87. The van der Waals surface area contributed by atoms with Crippen LogP contribution in [0.2, 0.25) is 5.02 Å². The Kier molecular flexibility index (Phi) is 3.67. The van der Waals surface area contributed by atoms with Gasteiger partial charge in [-0.15, -0.1) is 0 Å². The van der Waals surface area contributed by atoms with Crippen LogP contribution in [0.5, 0.6) is 0 Å². The van der Waals surface area contributed by atoms with Crippen LogP contribution in [0, 0.1) is 6.92 Å². The van der Waals surface area contributed by atoms with Gasteiger partial charge >= 0.3 is 0 Å². The highest BCUT2D eigenvalue weighted by Crippen LogP contribution is 2.23.